The van der Waals surface area contributed by atoms with E-state index >= 15 is 0 Å². The van der Waals surface area contributed by atoms with Crippen molar-refractivity contribution in [2.45, 2.75) is 6.10 Å². The van der Waals surface area contributed by atoms with E-state index in [1.807, 2.05) is 22.6 Å². The second-order valence-electron chi connectivity index (χ2n) is 4.32. The molecular formula is C12H14FIN2O2. The SMILES string of the molecule is O=C(NCC1CNCC1O)c1ccc(I)c(F)c1. The van der Waals surface area contributed by atoms with Gasteiger partial charge in [0.25, 0.3) is 5.91 Å². The highest BCUT2D eigenvalue weighted by Gasteiger charge is 2.25. The van der Waals surface area contributed by atoms with E-state index in [4.69, 9.17) is 0 Å². The third-order valence-electron chi connectivity index (χ3n) is 3.01. The van der Waals surface area contributed by atoms with Gasteiger partial charge in [0, 0.05) is 34.7 Å². The molecule has 18 heavy (non-hydrogen) atoms. The molecule has 0 aromatic heterocycles. The van der Waals surface area contributed by atoms with Gasteiger partial charge in [-0.3, -0.25) is 4.79 Å². The van der Waals surface area contributed by atoms with Gasteiger partial charge >= 0.3 is 0 Å². The molecule has 1 aliphatic heterocycles. The zero-order valence-corrected chi connectivity index (χ0v) is 11.8. The lowest BCUT2D eigenvalue weighted by Crippen LogP contribution is -2.34. The van der Waals surface area contributed by atoms with Crippen molar-refractivity contribution < 1.29 is 14.3 Å². The number of aliphatic hydroxyl groups excluding tert-OH is 1. The number of benzene rings is 1. The minimum Gasteiger partial charge on any atom is -0.391 e. The Morgan fingerprint density at radius 1 is 1.56 bits per heavy atom. The molecule has 2 unspecified atom stereocenters. The molecule has 98 valence electrons. The van der Waals surface area contributed by atoms with Gasteiger partial charge < -0.3 is 15.7 Å². The molecule has 0 bridgehead atoms. The van der Waals surface area contributed by atoms with E-state index < -0.39 is 11.9 Å². The average Bonchev–Trinajstić information content (AvgIpc) is 2.75. The Kier molecular flexibility index (Phi) is 4.52. The Morgan fingerprint density at radius 3 is 2.94 bits per heavy atom. The smallest absolute Gasteiger partial charge is 0.251 e. The summed E-state index contributed by atoms with van der Waals surface area (Å²) in [7, 11) is 0. The van der Waals surface area contributed by atoms with Crippen LogP contribution in [0.2, 0.25) is 0 Å². The third kappa shape index (κ3) is 3.18. The zero-order chi connectivity index (χ0) is 13.1. The van der Waals surface area contributed by atoms with Crippen LogP contribution in [0.4, 0.5) is 4.39 Å². The molecule has 6 heteroatoms. The van der Waals surface area contributed by atoms with Crippen LogP contribution in [-0.2, 0) is 0 Å². The number of nitrogens with one attached hydrogen (secondary N) is 2. The van der Waals surface area contributed by atoms with E-state index in [-0.39, 0.29) is 11.8 Å². The first-order valence-corrected chi connectivity index (χ1v) is 6.78. The summed E-state index contributed by atoms with van der Waals surface area (Å²) in [6.45, 7) is 1.63. The summed E-state index contributed by atoms with van der Waals surface area (Å²) in [6.07, 6.45) is -0.432. The number of aliphatic hydroxyl groups is 1. The maximum atomic E-state index is 13.3. The molecule has 1 fully saturated rings. The molecule has 1 heterocycles. The van der Waals surface area contributed by atoms with E-state index in [1.165, 1.54) is 6.07 Å². The number of β-amino-alcohol motifs (C(OH)–C–C–N with tert-alkyl or cyclic N) is 1. The van der Waals surface area contributed by atoms with E-state index in [1.54, 1.807) is 12.1 Å². The molecule has 0 spiro atoms. The van der Waals surface area contributed by atoms with Crippen LogP contribution in [0, 0.1) is 15.3 Å². The van der Waals surface area contributed by atoms with E-state index in [2.05, 4.69) is 10.6 Å². The van der Waals surface area contributed by atoms with Crippen molar-refractivity contribution in [2.75, 3.05) is 19.6 Å². The molecule has 1 aromatic rings. The first kappa shape index (κ1) is 13.7. The van der Waals surface area contributed by atoms with Crippen LogP contribution >= 0.6 is 22.6 Å². The molecule has 1 aliphatic rings. The second-order valence-corrected chi connectivity index (χ2v) is 5.49. The summed E-state index contributed by atoms with van der Waals surface area (Å²) < 4.78 is 13.8. The normalized spacial score (nSPS) is 23.1. The van der Waals surface area contributed by atoms with Crippen molar-refractivity contribution in [2.24, 2.45) is 5.92 Å². The predicted molar refractivity (Wildman–Crippen MR) is 73.8 cm³/mol. The van der Waals surface area contributed by atoms with Gasteiger partial charge in [0.15, 0.2) is 0 Å². The second kappa shape index (κ2) is 5.94. The molecule has 1 aromatic carbocycles. The molecule has 2 atom stereocenters. The van der Waals surface area contributed by atoms with Gasteiger partial charge in [0.2, 0.25) is 0 Å². The summed E-state index contributed by atoms with van der Waals surface area (Å²) >= 11 is 1.87. The highest BCUT2D eigenvalue weighted by Crippen LogP contribution is 2.13. The van der Waals surface area contributed by atoms with Gasteiger partial charge in [0.1, 0.15) is 5.82 Å². The van der Waals surface area contributed by atoms with Crippen LogP contribution in [0.5, 0.6) is 0 Å². The highest BCUT2D eigenvalue weighted by molar-refractivity contribution is 14.1. The molecule has 1 saturated heterocycles. The molecule has 0 radical (unpaired) electrons. The van der Waals surface area contributed by atoms with Gasteiger partial charge in [-0.15, -0.1) is 0 Å². The summed E-state index contributed by atoms with van der Waals surface area (Å²) in [5.74, 6) is -0.696. The lowest BCUT2D eigenvalue weighted by Gasteiger charge is -2.14. The fourth-order valence-electron chi connectivity index (χ4n) is 1.89. The fourth-order valence-corrected chi connectivity index (χ4v) is 2.23. The van der Waals surface area contributed by atoms with Crippen LogP contribution in [0.1, 0.15) is 10.4 Å². The topological polar surface area (TPSA) is 61.4 Å². The Bertz CT molecular complexity index is 456. The van der Waals surface area contributed by atoms with Crippen LogP contribution in [-0.4, -0.2) is 36.8 Å². The zero-order valence-electron chi connectivity index (χ0n) is 9.62. The quantitative estimate of drug-likeness (QED) is 0.694. The van der Waals surface area contributed by atoms with Crippen LogP contribution in [0.15, 0.2) is 18.2 Å². The first-order valence-electron chi connectivity index (χ1n) is 5.70. The molecule has 0 saturated carbocycles. The summed E-state index contributed by atoms with van der Waals surface area (Å²) in [6, 6.07) is 4.38. The van der Waals surface area contributed by atoms with Gasteiger partial charge in [-0.25, -0.2) is 4.39 Å². The minimum absolute atomic E-state index is 0.0163. The summed E-state index contributed by atoms with van der Waals surface area (Å²) in [5.41, 5.74) is 0.299. The van der Waals surface area contributed by atoms with Gasteiger partial charge in [-0.05, 0) is 40.8 Å². The van der Waals surface area contributed by atoms with Crippen LogP contribution < -0.4 is 10.6 Å². The lowest BCUT2D eigenvalue weighted by atomic mass is 10.1. The van der Waals surface area contributed by atoms with Crippen LogP contribution in [0.3, 0.4) is 0 Å². The monoisotopic (exact) mass is 364 g/mol. The number of hydrogen-bond acceptors (Lipinski definition) is 3. The molecule has 2 rings (SSSR count). The van der Waals surface area contributed by atoms with Crippen molar-refractivity contribution >= 4 is 28.5 Å². The number of halogens is 2. The standard InChI is InChI=1S/C12H14FIN2O2/c13-9-3-7(1-2-10(9)14)12(18)16-5-8-4-15-6-11(8)17/h1-3,8,11,15,17H,4-6H2,(H,16,18). The van der Waals surface area contributed by atoms with E-state index in [0.29, 0.717) is 28.8 Å². The van der Waals surface area contributed by atoms with Crippen molar-refractivity contribution in [1.29, 1.82) is 0 Å². The van der Waals surface area contributed by atoms with E-state index in [0.717, 1.165) is 0 Å². The number of carbonyl (C=O) groups excluding carboxylic acids is 1. The Labute approximate surface area is 118 Å². The number of rotatable bonds is 3. The van der Waals surface area contributed by atoms with Gasteiger partial charge in [-0.2, -0.15) is 0 Å². The fraction of sp³-hybridized carbons (Fsp3) is 0.417. The van der Waals surface area contributed by atoms with Crippen LogP contribution in [0.25, 0.3) is 0 Å². The van der Waals surface area contributed by atoms with Crippen molar-refractivity contribution in [1.82, 2.24) is 10.6 Å². The van der Waals surface area contributed by atoms with Crippen molar-refractivity contribution in [3.05, 3.63) is 33.1 Å². The molecule has 4 nitrogen and oxygen atoms in total. The Hall–Kier alpha value is -0.730. The molecule has 0 aliphatic carbocycles. The number of hydrogen-bond donors (Lipinski definition) is 3. The lowest BCUT2D eigenvalue weighted by molar-refractivity contribution is 0.0926. The van der Waals surface area contributed by atoms with Gasteiger partial charge in [-0.1, -0.05) is 0 Å². The van der Waals surface area contributed by atoms with Crippen molar-refractivity contribution in [3.8, 4) is 0 Å². The Balaban J connectivity index is 1.93. The van der Waals surface area contributed by atoms with Crippen molar-refractivity contribution in [3.63, 3.8) is 0 Å². The highest BCUT2D eigenvalue weighted by atomic mass is 127. The predicted octanol–water partition coefficient (Wildman–Crippen LogP) is 0.740. The third-order valence-corrected chi connectivity index (χ3v) is 3.89. The minimum atomic E-state index is -0.432. The summed E-state index contributed by atoms with van der Waals surface area (Å²) in [5, 5.41) is 15.3. The molecule has 3 N–H and O–H groups in total. The maximum Gasteiger partial charge on any atom is 0.251 e. The Morgan fingerprint density at radius 2 is 2.33 bits per heavy atom. The molecular weight excluding hydrogens is 350 g/mol. The first-order chi connectivity index (χ1) is 8.58. The number of carbonyl (C=O) groups is 1. The summed E-state index contributed by atoms with van der Waals surface area (Å²) in [4.78, 5) is 11.8. The average molecular weight is 364 g/mol. The largest absolute Gasteiger partial charge is 0.391 e. The number of amides is 1. The molecule has 1 amide bonds. The maximum absolute atomic E-state index is 13.3. The van der Waals surface area contributed by atoms with Gasteiger partial charge in [0.05, 0.1) is 6.10 Å². The van der Waals surface area contributed by atoms with E-state index in [9.17, 15) is 14.3 Å².